The van der Waals surface area contributed by atoms with Gasteiger partial charge in [-0.25, -0.2) is 4.39 Å². The zero-order valence-corrected chi connectivity index (χ0v) is 10.6. The lowest BCUT2D eigenvalue weighted by molar-refractivity contribution is -0.133. The van der Waals surface area contributed by atoms with Crippen LogP contribution < -0.4 is 10.6 Å². The molecule has 0 aromatic heterocycles. The van der Waals surface area contributed by atoms with E-state index in [9.17, 15) is 9.18 Å². The van der Waals surface area contributed by atoms with Crippen LogP contribution in [0.4, 0.5) is 10.1 Å². The summed E-state index contributed by atoms with van der Waals surface area (Å²) in [5, 5.41) is 0. The summed E-state index contributed by atoms with van der Waals surface area (Å²) in [7, 11) is 1.78. The van der Waals surface area contributed by atoms with Crippen molar-refractivity contribution in [3.05, 3.63) is 30.1 Å². The first-order valence-corrected chi connectivity index (χ1v) is 6.03. The lowest BCUT2D eigenvalue weighted by Crippen LogP contribution is -2.62. The van der Waals surface area contributed by atoms with Crippen LogP contribution in [0.3, 0.4) is 0 Å². The Morgan fingerprint density at radius 3 is 2.56 bits per heavy atom. The van der Waals surface area contributed by atoms with Crippen molar-refractivity contribution in [1.82, 2.24) is 4.90 Å². The van der Waals surface area contributed by atoms with E-state index in [4.69, 9.17) is 5.73 Å². The van der Waals surface area contributed by atoms with E-state index in [0.29, 0.717) is 6.54 Å². The number of nitrogens with zero attached hydrogens (tertiary/aromatic N) is 2. The van der Waals surface area contributed by atoms with Crippen LogP contribution in [-0.4, -0.2) is 43.0 Å². The van der Waals surface area contributed by atoms with E-state index in [0.717, 1.165) is 5.69 Å². The Labute approximate surface area is 106 Å². The molecule has 18 heavy (non-hydrogen) atoms. The van der Waals surface area contributed by atoms with E-state index in [2.05, 4.69) is 0 Å². The maximum Gasteiger partial charge on any atom is 0.246 e. The first-order chi connectivity index (χ1) is 8.54. The molecule has 0 radical (unpaired) electrons. The highest BCUT2D eigenvalue weighted by Gasteiger charge is 2.36. The van der Waals surface area contributed by atoms with Gasteiger partial charge in [0, 0.05) is 31.9 Å². The molecule has 2 rings (SSSR count). The van der Waals surface area contributed by atoms with Gasteiger partial charge in [0.1, 0.15) is 11.9 Å². The van der Waals surface area contributed by atoms with E-state index in [1.54, 1.807) is 24.1 Å². The number of likely N-dealkylation sites (N-methyl/N-ethyl adjacent to an activating group) is 1. The smallest absolute Gasteiger partial charge is 0.246 e. The Bertz CT molecular complexity index is 434. The number of carbonyl (C=O) groups is 1. The Morgan fingerprint density at radius 2 is 2.00 bits per heavy atom. The van der Waals surface area contributed by atoms with Crippen LogP contribution in [0.1, 0.15) is 6.92 Å². The largest absolute Gasteiger partial charge is 0.354 e. The predicted octanol–water partition coefficient (Wildman–Crippen LogP) is 0.820. The Balaban J connectivity index is 2.34. The number of piperazine rings is 1. The Morgan fingerprint density at radius 1 is 1.39 bits per heavy atom. The standard InChI is InChI=1S/C13H18FN3O/c1-9-8-16(2)13(18)12(7-15)17(9)11-5-3-10(14)4-6-11/h3-6,9,12H,7-8,15H2,1-2H3. The van der Waals surface area contributed by atoms with Crippen LogP contribution in [0.15, 0.2) is 24.3 Å². The topological polar surface area (TPSA) is 49.6 Å². The van der Waals surface area contributed by atoms with Gasteiger partial charge >= 0.3 is 0 Å². The molecule has 0 aliphatic carbocycles. The van der Waals surface area contributed by atoms with Crippen molar-refractivity contribution in [3.63, 3.8) is 0 Å². The highest BCUT2D eigenvalue weighted by Crippen LogP contribution is 2.24. The van der Waals surface area contributed by atoms with Gasteiger partial charge in [0.15, 0.2) is 0 Å². The molecule has 2 unspecified atom stereocenters. The second-order valence-corrected chi connectivity index (χ2v) is 4.70. The first kappa shape index (κ1) is 12.8. The number of hydrogen-bond acceptors (Lipinski definition) is 3. The first-order valence-electron chi connectivity index (χ1n) is 6.03. The van der Waals surface area contributed by atoms with Crippen molar-refractivity contribution in [2.24, 2.45) is 5.73 Å². The summed E-state index contributed by atoms with van der Waals surface area (Å²) in [6.45, 7) is 2.94. The molecular formula is C13H18FN3O. The number of amides is 1. The van der Waals surface area contributed by atoms with Gasteiger partial charge in [-0.2, -0.15) is 0 Å². The highest BCUT2D eigenvalue weighted by molar-refractivity contribution is 5.87. The molecule has 1 saturated heterocycles. The molecule has 1 heterocycles. The molecule has 1 aromatic carbocycles. The fourth-order valence-corrected chi connectivity index (χ4v) is 2.52. The molecule has 2 N–H and O–H groups in total. The third kappa shape index (κ3) is 2.18. The van der Waals surface area contributed by atoms with Gasteiger partial charge in [0.2, 0.25) is 5.91 Å². The van der Waals surface area contributed by atoms with Crippen molar-refractivity contribution in [2.45, 2.75) is 19.0 Å². The normalized spacial score (nSPS) is 24.6. The van der Waals surface area contributed by atoms with E-state index in [-0.39, 0.29) is 30.4 Å². The third-order valence-electron chi connectivity index (χ3n) is 3.36. The molecule has 0 saturated carbocycles. The summed E-state index contributed by atoms with van der Waals surface area (Å²) < 4.78 is 13.0. The van der Waals surface area contributed by atoms with Crippen molar-refractivity contribution in [3.8, 4) is 0 Å². The maximum absolute atomic E-state index is 13.0. The molecule has 2 atom stereocenters. The molecule has 1 aliphatic heterocycles. The minimum absolute atomic E-state index is 0.0138. The van der Waals surface area contributed by atoms with Gasteiger partial charge < -0.3 is 15.5 Å². The fourth-order valence-electron chi connectivity index (χ4n) is 2.52. The van der Waals surface area contributed by atoms with Crippen LogP contribution >= 0.6 is 0 Å². The lowest BCUT2D eigenvalue weighted by Gasteiger charge is -2.44. The van der Waals surface area contributed by atoms with Crippen molar-refractivity contribution < 1.29 is 9.18 Å². The number of rotatable bonds is 2. The molecule has 1 aromatic rings. The van der Waals surface area contributed by atoms with E-state index >= 15 is 0 Å². The van der Waals surface area contributed by atoms with Crippen LogP contribution in [-0.2, 0) is 4.79 Å². The molecule has 5 heteroatoms. The molecule has 1 fully saturated rings. The lowest BCUT2D eigenvalue weighted by atomic mass is 10.0. The quantitative estimate of drug-likeness (QED) is 0.846. The van der Waals surface area contributed by atoms with Crippen LogP contribution in [0.25, 0.3) is 0 Å². The van der Waals surface area contributed by atoms with E-state index in [1.165, 1.54) is 12.1 Å². The van der Waals surface area contributed by atoms with Gasteiger partial charge in [0.25, 0.3) is 0 Å². The summed E-state index contributed by atoms with van der Waals surface area (Å²) in [6, 6.07) is 5.97. The maximum atomic E-state index is 13.0. The summed E-state index contributed by atoms with van der Waals surface area (Å²) >= 11 is 0. The van der Waals surface area contributed by atoms with Gasteiger partial charge in [-0.1, -0.05) is 0 Å². The Kier molecular flexibility index (Phi) is 3.52. The predicted molar refractivity (Wildman–Crippen MR) is 68.8 cm³/mol. The van der Waals surface area contributed by atoms with Gasteiger partial charge in [-0.15, -0.1) is 0 Å². The highest BCUT2D eigenvalue weighted by atomic mass is 19.1. The number of benzene rings is 1. The number of hydrogen-bond donors (Lipinski definition) is 1. The monoisotopic (exact) mass is 251 g/mol. The SMILES string of the molecule is CC1CN(C)C(=O)C(CN)N1c1ccc(F)cc1. The fraction of sp³-hybridized carbons (Fsp3) is 0.462. The number of halogens is 1. The molecular weight excluding hydrogens is 233 g/mol. The third-order valence-corrected chi connectivity index (χ3v) is 3.36. The zero-order chi connectivity index (χ0) is 13.3. The number of carbonyl (C=O) groups excluding carboxylic acids is 1. The van der Waals surface area contributed by atoms with E-state index < -0.39 is 0 Å². The second-order valence-electron chi connectivity index (χ2n) is 4.70. The summed E-state index contributed by atoms with van der Waals surface area (Å²) in [5.74, 6) is -0.268. The molecule has 4 nitrogen and oxygen atoms in total. The average Bonchev–Trinajstić information content (AvgIpc) is 2.35. The summed E-state index contributed by atoms with van der Waals surface area (Å²) in [4.78, 5) is 15.8. The Hall–Kier alpha value is -1.62. The minimum Gasteiger partial charge on any atom is -0.354 e. The molecule has 1 aliphatic rings. The molecule has 0 spiro atoms. The van der Waals surface area contributed by atoms with E-state index in [1.807, 2.05) is 11.8 Å². The van der Waals surface area contributed by atoms with Gasteiger partial charge in [-0.3, -0.25) is 4.79 Å². The summed E-state index contributed by atoms with van der Waals surface area (Å²) in [6.07, 6.45) is 0. The second kappa shape index (κ2) is 4.94. The van der Waals surface area contributed by atoms with Crippen molar-refractivity contribution in [2.75, 3.05) is 25.0 Å². The van der Waals surface area contributed by atoms with Crippen LogP contribution in [0.5, 0.6) is 0 Å². The minimum atomic E-state index is -0.371. The molecule has 1 amide bonds. The molecule has 98 valence electrons. The number of nitrogens with two attached hydrogens (primary N) is 1. The number of anilines is 1. The van der Waals surface area contributed by atoms with Crippen LogP contribution in [0.2, 0.25) is 0 Å². The van der Waals surface area contributed by atoms with Gasteiger partial charge in [-0.05, 0) is 31.2 Å². The summed E-state index contributed by atoms with van der Waals surface area (Å²) in [5.41, 5.74) is 6.55. The zero-order valence-electron chi connectivity index (χ0n) is 10.6. The van der Waals surface area contributed by atoms with Crippen LogP contribution in [0, 0.1) is 5.82 Å². The molecule has 0 bridgehead atoms. The average molecular weight is 251 g/mol. The van der Waals surface area contributed by atoms with Gasteiger partial charge in [0.05, 0.1) is 0 Å². The van der Waals surface area contributed by atoms with Crippen molar-refractivity contribution >= 4 is 11.6 Å². The van der Waals surface area contributed by atoms with Crippen molar-refractivity contribution in [1.29, 1.82) is 0 Å².